The van der Waals surface area contributed by atoms with E-state index in [-0.39, 0.29) is 5.91 Å². The Bertz CT molecular complexity index is 792. The van der Waals surface area contributed by atoms with E-state index in [1.165, 1.54) is 25.8 Å². The van der Waals surface area contributed by atoms with E-state index in [0.717, 1.165) is 35.3 Å². The summed E-state index contributed by atoms with van der Waals surface area (Å²) in [5.74, 6) is 0.935. The van der Waals surface area contributed by atoms with Crippen molar-refractivity contribution in [3.8, 4) is 5.75 Å². The van der Waals surface area contributed by atoms with E-state index in [4.69, 9.17) is 4.74 Å². The zero-order valence-corrected chi connectivity index (χ0v) is 15.3. The minimum Gasteiger partial charge on any atom is -0.497 e. The van der Waals surface area contributed by atoms with Crippen LogP contribution in [0, 0.1) is 6.92 Å². The van der Waals surface area contributed by atoms with E-state index in [9.17, 15) is 4.79 Å². The Kier molecular flexibility index (Phi) is 4.20. The molecule has 0 bridgehead atoms. The molecule has 2 saturated heterocycles. The second-order valence-electron chi connectivity index (χ2n) is 7.48. The highest BCUT2D eigenvalue weighted by molar-refractivity contribution is 6.01. The Morgan fingerprint density at radius 1 is 1.28 bits per heavy atom. The van der Waals surface area contributed by atoms with E-state index >= 15 is 0 Å². The number of aromatic amines is 1. The molecular formula is C20H27N3O2. The molecule has 0 radical (unpaired) electrons. The zero-order chi connectivity index (χ0) is 17.6. The van der Waals surface area contributed by atoms with Crippen LogP contribution in [0.2, 0.25) is 0 Å². The van der Waals surface area contributed by atoms with Crippen LogP contribution in [0.25, 0.3) is 10.9 Å². The maximum Gasteiger partial charge on any atom is 0.270 e. The Labute approximate surface area is 148 Å². The molecule has 0 aliphatic carbocycles. The van der Waals surface area contributed by atoms with Gasteiger partial charge in [-0.3, -0.25) is 9.69 Å². The summed E-state index contributed by atoms with van der Waals surface area (Å²) in [5.41, 5.74) is 2.71. The average Bonchev–Trinajstić information content (AvgIpc) is 2.91. The Hall–Kier alpha value is -2.01. The molecule has 1 aromatic heterocycles. The number of rotatable bonds is 3. The maximum atomic E-state index is 12.9. The maximum absolute atomic E-state index is 12.9. The van der Waals surface area contributed by atoms with Gasteiger partial charge in [0.1, 0.15) is 11.4 Å². The number of carbonyl (C=O) groups is 1. The number of carbonyl (C=O) groups excluding carboxylic acids is 1. The van der Waals surface area contributed by atoms with Crippen molar-refractivity contribution in [2.24, 2.45) is 0 Å². The summed E-state index contributed by atoms with van der Waals surface area (Å²) in [6.07, 6.45) is 3.91. The number of methoxy groups -OCH3 is 1. The van der Waals surface area contributed by atoms with Gasteiger partial charge in [0, 0.05) is 36.1 Å². The van der Waals surface area contributed by atoms with Crippen molar-refractivity contribution in [1.82, 2.24) is 14.8 Å². The van der Waals surface area contributed by atoms with Crippen LogP contribution in [0.4, 0.5) is 0 Å². The molecule has 1 N–H and O–H groups in total. The first-order chi connectivity index (χ1) is 12.1. The molecule has 5 nitrogen and oxygen atoms in total. The van der Waals surface area contributed by atoms with Crippen LogP contribution in [0.5, 0.6) is 5.75 Å². The lowest BCUT2D eigenvalue weighted by atomic mass is 9.97. The molecule has 3 heterocycles. The molecule has 4 rings (SSSR count). The Morgan fingerprint density at radius 2 is 2.08 bits per heavy atom. The average molecular weight is 341 g/mol. The van der Waals surface area contributed by atoms with Gasteiger partial charge in [0.2, 0.25) is 0 Å². The largest absolute Gasteiger partial charge is 0.497 e. The summed E-state index contributed by atoms with van der Waals surface area (Å²) < 4.78 is 5.30. The molecule has 0 saturated carbocycles. The molecule has 0 unspecified atom stereocenters. The van der Waals surface area contributed by atoms with E-state index in [2.05, 4.69) is 16.8 Å². The number of ether oxygens (including phenoxy) is 1. The minimum atomic E-state index is 0.119. The van der Waals surface area contributed by atoms with Gasteiger partial charge in [-0.25, -0.2) is 0 Å². The number of nitrogens with one attached hydrogen (secondary N) is 1. The zero-order valence-electron chi connectivity index (χ0n) is 15.3. The van der Waals surface area contributed by atoms with Crippen LogP contribution < -0.4 is 4.74 Å². The molecule has 25 heavy (non-hydrogen) atoms. The fraction of sp³-hybridized carbons (Fsp3) is 0.550. The number of benzene rings is 1. The molecule has 2 aliphatic heterocycles. The van der Waals surface area contributed by atoms with E-state index in [1.807, 2.05) is 30.0 Å². The lowest BCUT2D eigenvalue weighted by Gasteiger charge is -2.49. The highest BCUT2D eigenvalue weighted by Crippen LogP contribution is 2.29. The van der Waals surface area contributed by atoms with Crippen molar-refractivity contribution >= 4 is 16.8 Å². The van der Waals surface area contributed by atoms with Crippen molar-refractivity contribution in [1.29, 1.82) is 0 Å². The highest BCUT2D eigenvalue weighted by Gasteiger charge is 2.38. The predicted molar refractivity (Wildman–Crippen MR) is 99.3 cm³/mol. The van der Waals surface area contributed by atoms with Gasteiger partial charge in [0.05, 0.1) is 7.11 Å². The summed E-state index contributed by atoms with van der Waals surface area (Å²) in [5, 5.41) is 1.06. The second-order valence-corrected chi connectivity index (χ2v) is 7.48. The summed E-state index contributed by atoms with van der Waals surface area (Å²) in [7, 11) is 1.66. The topological polar surface area (TPSA) is 48.6 Å². The molecule has 5 heteroatoms. The lowest BCUT2D eigenvalue weighted by molar-refractivity contribution is 0.00182. The molecule has 1 atom stereocenters. The first-order valence-corrected chi connectivity index (χ1v) is 9.30. The third-order valence-corrected chi connectivity index (χ3v) is 5.95. The number of aromatic nitrogens is 1. The number of hydrogen-bond acceptors (Lipinski definition) is 3. The predicted octanol–water partition coefficient (Wildman–Crippen LogP) is 3.18. The van der Waals surface area contributed by atoms with Crippen molar-refractivity contribution in [3.05, 3.63) is 29.5 Å². The van der Waals surface area contributed by atoms with E-state index in [0.29, 0.717) is 17.8 Å². The number of amides is 1. The van der Waals surface area contributed by atoms with Crippen LogP contribution in [-0.4, -0.2) is 59.5 Å². The van der Waals surface area contributed by atoms with Gasteiger partial charge in [-0.2, -0.15) is 0 Å². The number of hydrogen-bond donors (Lipinski definition) is 1. The standard InChI is InChI=1S/C20H27N3O2/c1-13-6-4-5-9-23(13)15-11-22(12-15)20(24)19-14(2)17-10-16(25-3)7-8-18(17)21-19/h7-8,10,13,15,21H,4-6,9,11-12H2,1-3H3/t13-/m1/s1. The van der Waals surface area contributed by atoms with Gasteiger partial charge in [-0.15, -0.1) is 0 Å². The second kappa shape index (κ2) is 6.37. The first kappa shape index (κ1) is 16.5. The lowest BCUT2D eigenvalue weighted by Crippen LogP contribution is -2.63. The molecule has 1 amide bonds. The fourth-order valence-electron chi connectivity index (χ4n) is 4.30. The van der Waals surface area contributed by atoms with Crippen LogP contribution in [0.1, 0.15) is 42.2 Å². The summed E-state index contributed by atoms with van der Waals surface area (Å²) in [6.45, 7) is 7.20. The monoisotopic (exact) mass is 341 g/mol. The summed E-state index contributed by atoms with van der Waals surface area (Å²) in [4.78, 5) is 20.8. The Balaban J connectivity index is 1.49. The quantitative estimate of drug-likeness (QED) is 0.933. The van der Waals surface area contributed by atoms with Crippen molar-refractivity contribution in [2.45, 2.75) is 45.2 Å². The van der Waals surface area contributed by atoms with Gasteiger partial charge in [-0.05, 0) is 57.0 Å². The highest BCUT2D eigenvalue weighted by atomic mass is 16.5. The van der Waals surface area contributed by atoms with Crippen LogP contribution in [0.3, 0.4) is 0 Å². The van der Waals surface area contributed by atoms with Crippen LogP contribution in [-0.2, 0) is 0 Å². The number of likely N-dealkylation sites (tertiary alicyclic amines) is 2. The van der Waals surface area contributed by atoms with E-state index < -0.39 is 0 Å². The molecule has 2 fully saturated rings. The molecule has 2 aromatic rings. The Morgan fingerprint density at radius 3 is 2.80 bits per heavy atom. The third-order valence-electron chi connectivity index (χ3n) is 5.95. The van der Waals surface area contributed by atoms with Crippen molar-refractivity contribution in [3.63, 3.8) is 0 Å². The van der Waals surface area contributed by atoms with Crippen molar-refractivity contribution in [2.75, 3.05) is 26.7 Å². The summed E-state index contributed by atoms with van der Waals surface area (Å²) in [6, 6.07) is 7.07. The SMILES string of the molecule is COc1ccc2[nH]c(C(=O)N3CC(N4CCCC[C@H]4C)C3)c(C)c2c1. The van der Waals surface area contributed by atoms with Gasteiger partial charge in [-0.1, -0.05) is 6.42 Å². The number of piperidine rings is 1. The molecule has 134 valence electrons. The van der Waals surface area contributed by atoms with Gasteiger partial charge < -0.3 is 14.6 Å². The van der Waals surface area contributed by atoms with Gasteiger partial charge in [0.15, 0.2) is 0 Å². The van der Waals surface area contributed by atoms with Crippen LogP contribution >= 0.6 is 0 Å². The molecular weight excluding hydrogens is 314 g/mol. The first-order valence-electron chi connectivity index (χ1n) is 9.30. The normalized spacial score (nSPS) is 22.2. The molecule has 0 spiro atoms. The third kappa shape index (κ3) is 2.80. The number of aryl methyl sites for hydroxylation is 1. The smallest absolute Gasteiger partial charge is 0.270 e. The molecule has 1 aromatic carbocycles. The number of fused-ring (bicyclic) bond motifs is 1. The molecule has 2 aliphatic rings. The number of nitrogens with zero attached hydrogens (tertiary/aromatic N) is 2. The van der Waals surface area contributed by atoms with Gasteiger partial charge in [0.25, 0.3) is 5.91 Å². The van der Waals surface area contributed by atoms with E-state index in [1.54, 1.807) is 7.11 Å². The fourth-order valence-corrected chi connectivity index (χ4v) is 4.30. The van der Waals surface area contributed by atoms with Gasteiger partial charge >= 0.3 is 0 Å². The van der Waals surface area contributed by atoms with Crippen molar-refractivity contribution < 1.29 is 9.53 Å². The minimum absolute atomic E-state index is 0.119. The van der Waals surface area contributed by atoms with Crippen LogP contribution in [0.15, 0.2) is 18.2 Å². The number of H-pyrrole nitrogens is 1. The summed E-state index contributed by atoms with van der Waals surface area (Å²) >= 11 is 0.